The summed E-state index contributed by atoms with van der Waals surface area (Å²) in [6, 6.07) is 2.90. The van der Waals surface area contributed by atoms with Crippen molar-refractivity contribution in [2.45, 2.75) is 18.6 Å². The van der Waals surface area contributed by atoms with Crippen molar-refractivity contribution in [3.8, 4) is 0 Å². The Hall–Kier alpha value is -1.47. The summed E-state index contributed by atoms with van der Waals surface area (Å²) in [6.07, 6.45) is -4.00. The van der Waals surface area contributed by atoms with Gasteiger partial charge in [0.05, 0.1) is 29.6 Å². The lowest BCUT2D eigenvalue weighted by atomic mass is 10.1. The number of hydrogen-bond donors (Lipinski definition) is 3. The van der Waals surface area contributed by atoms with Crippen molar-refractivity contribution < 1.29 is 23.0 Å². The molecule has 0 aliphatic heterocycles. The number of anilines is 2. The van der Waals surface area contributed by atoms with Gasteiger partial charge in [-0.2, -0.15) is 13.2 Å². The average molecular weight is 278 g/mol. The van der Waals surface area contributed by atoms with Gasteiger partial charge in [0.2, 0.25) is 0 Å². The molecule has 4 nitrogen and oxygen atoms in total. The molecule has 108 valence electrons. The highest BCUT2D eigenvalue weighted by molar-refractivity contribution is 5.67. The maximum absolute atomic E-state index is 12.5. The highest BCUT2D eigenvalue weighted by Crippen LogP contribution is 2.33. The number of nitrogen functional groups attached to an aromatic ring is 1. The van der Waals surface area contributed by atoms with Crippen LogP contribution in [0.3, 0.4) is 0 Å². The number of rotatable bonds is 6. The number of nitrogens with one attached hydrogen (secondary N) is 1. The topological polar surface area (TPSA) is 67.5 Å². The van der Waals surface area contributed by atoms with Crippen LogP contribution in [0.4, 0.5) is 24.5 Å². The number of aliphatic hydroxyl groups excluding tert-OH is 1. The highest BCUT2D eigenvalue weighted by atomic mass is 19.4. The first-order valence-electron chi connectivity index (χ1n) is 5.71. The van der Waals surface area contributed by atoms with E-state index < -0.39 is 11.7 Å². The van der Waals surface area contributed by atoms with Gasteiger partial charge in [0.15, 0.2) is 0 Å². The number of nitrogens with two attached hydrogens (primary N) is 1. The van der Waals surface area contributed by atoms with Gasteiger partial charge in [-0.3, -0.25) is 0 Å². The van der Waals surface area contributed by atoms with Crippen LogP contribution in [-0.2, 0) is 10.9 Å². The molecule has 0 heterocycles. The van der Waals surface area contributed by atoms with Gasteiger partial charge in [-0.25, -0.2) is 0 Å². The van der Waals surface area contributed by atoms with E-state index in [1.54, 1.807) is 0 Å². The maximum Gasteiger partial charge on any atom is 0.416 e. The van der Waals surface area contributed by atoms with Gasteiger partial charge in [-0.05, 0) is 24.6 Å². The van der Waals surface area contributed by atoms with E-state index >= 15 is 0 Å². The number of methoxy groups -OCH3 is 1. The zero-order chi connectivity index (χ0) is 14.5. The maximum atomic E-state index is 12.5. The SMILES string of the molecule is COCC(CCO)Nc1ccc(C(F)(F)F)cc1N. The smallest absolute Gasteiger partial charge is 0.397 e. The van der Waals surface area contributed by atoms with Crippen molar-refractivity contribution in [1.29, 1.82) is 0 Å². The molecule has 0 radical (unpaired) electrons. The standard InChI is InChI=1S/C12H17F3N2O2/c1-19-7-9(4-5-18)17-11-3-2-8(6-10(11)16)12(13,14)15/h2-3,6,9,17-18H,4-5,7,16H2,1H3. The lowest BCUT2D eigenvalue weighted by Gasteiger charge is -2.20. The molecule has 1 aromatic rings. The Balaban J connectivity index is 2.84. The summed E-state index contributed by atoms with van der Waals surface area (Å²) in [5.41, 5.74) is 5.20. The minimum Gasteiger partial charge on any atom is -0.397 e. The van der Waals surface area contributed by atoms with Crippen LogP contribution in [0, 0.1) is 0 Å². The Kier molecular flexibility index (Phi) is 5.44. The Bertz CT molecular complexity index is 404. The van der Waals surface area contributed by atoms with E-state index in [1.165, 1.54) is 13.2 Å². The number of hydrogen-bond acceptors (Lipinski definition) is 4. The summed E-state index contributed by atoms with van der Waals surface area (Å²) in [5.74, 6) is 0. The molecule has 0 aliphatic rings. The second-order valence-corrected chi connectivity index (χ2v) is 4.11. The second kappa shape index (κ2) is 6.63. The molecule has 4 N–H and O–H groups in total. The first kappa shape index (κ1) is 15.6. The molecule has 7 heteroatoms. The fraction of sp³-hybridized carbons (Fsp3) is 0.500. The molecule has 0 aromatic heterocycles. The number of benzene rings is 1. The predicted octanol–water partition coefficient (Wildman–Crippen LogP) is 2.10. The summed E-state index contributed by atoms with van der Waals surface area (Å²) in [4.78, 5) is 0. The van der Waals surface area contributed by atoms with Gasteiger partial charge in [0.1, 0.15) is 0 Å². The molecular formula is C12H17F3N2O2. The summed E-state index contributed by atoms with van der Waals surface area (Å²) >= 11 is 0. The molecule has 1 rings (SSSR count). The fourth-order valence-electron chi connectivity index (χ4n) is 1.64. The third-order valence-electron chi connectivity index (χ3n) is 2.58. The molecular weight excluding hydrogens is 261 g/mol. The van der Waals surface area contributed by atoms with E-state index in [0.29, 0.717) is 18.7 Å². The predicted molar refractivity (Wildman–Crippen MR) is 66.8 cm³/mol. The van der Waals surface area contributed by atoms with Crippen molar-refractivity contribution in [2.75, 3.05) is 31.4 Å². The Morgan fingerprint density at radius 1 is 1.42 bits per heavy atom. The summed E-state index contributed by atoms with van der Waals surface area (Å²) in [5, 5.41) is 11.8. The Morgan fingerprint density at radius 3 is 2.58 bits per heavy atom. The van der Waals surface area contributed by atoms with Crippen molar-refractivity contribution >= 4 is 11.4 Å². The van der Waals surface area contributed by atoms with E-state index in [1.807, 2.05) is 0 Å². The molecule has 0 saturated carbocycles. The van der Waals surface area contributed by atoms with E-state index in [-0.39, 0.29) is 18.3 Å². The molecule has 0 saturated heterocycles. The summed E-state index contributed by atoms with van der Waals surface area (Å²) in [6.45, 7) is 0.266. The first-order chi connectivity index (χ1) is 8.88. The van der Waals surface area contributed by atoms with Crippen LogP contribution in [0.25, 0.3) is 0 Å². The van der Waals surface area contributed by atoms with E-state index in [4.69, 9.17) is 15.6 Å². The number of halogens is 3. The fourth-order valence-corrected chi connectivity index (χ4v) is 1.64. The van der Waals surface area contributed by atoms with Gasteiger partial charge in [0, 0.05) is 13.7 Å². The van der Waals surface area contributed by atoms with Gasteiger partial charge >= 0.3 is 6.18 Å². The van der Waals surface area contributed by atoms with Crippen molar-refractivity contribution in [3.05, 3.63) is 23.8 Å². The normalized spacial score (nSPS) is 13.3. The zero-order valence-corrected chi connectivity index (χ0v) is 10.5. The molecule has 1 aromatic carbocycles. The van der Waals surface area contributed by atoms with Gasteiger partial charge in [0.25, 0.3) is 0 Å². The Morgan fingerprint density at radius 2 is 2.11 bits per heavy atom. The van der Waals surface area contributed by atoms with Crippen LogP contribution in [0.5, 0.6) is 0 Å². The van der Waals surface area contributed by atoms with E-state index in [0.717, 1.165) is 12.1 Å². The average Bonchev–Trinajstić information content (AvgIpc) is 2.31. The van der Waals surface area contributed by atoms with Crippen molar-refractivity contribution in [1.82, 2.24) is 0 Å². The molecule has 1 atom stereocenters. The first-order valence-corrected chi connectivity index (χ1v) is 5.71. The van der Waals surface area contributed by atoms with E-state index in [9.17, 15) is 13.2 Å². The molecule has 19 heavy (non-hydrogen) atoms. The van der Waals surface area contributed by atoms with Crippen LogP contribution in [0.2, 0.25) is 0 Å². The van der Waals surface area contributed by atoms with Crippen molar-refractivity contribution in [3.63, 3.8) is 0 Å². The highest BCUT2D eigenvalue weighted by Gasteiger charge is 2.30. The molecule has 1 unspecified atom stereocenters. The number of ether oxygens (including phenoxy) is 1. The molecule has 0 bridgehead atoms. The van der Waals surface area contributed by atoms with Crippen molar-refractivity contribution in [2.24, 2.45) is 0 Å². The molecule has 0 aliphatic carbocycles. The lowest BCUT2D eigenvalue weighted by molar-refractivity contribution is -0.137. The quantitative estimate of drug-likeness (QED) is 0.697. The van der Waals surface area contributed by atoms with Crippen LogP contribution in [0.15, 0.2) is 18.2 Å². The van der Waals surface area contributed by atoms with Crippen LogP contribution >= 0.6 is 0 Å². The van der Waals surface area contributed by atoms with Crippen LogP contribution < -0.4 is 11.1 Å². The summed E-state index contributed by atoms with van der Waals surface area (Å²) < 4.78 is 42.4. The number of aliphatic hydroxyl groups is 1. The zero-order valence-electron chi connectivity index (χ0n) is 10.5. The molecule has 0 spiro atoms. The molecule has 0 amide bonds. The van der Waals surface area contributed by atoms with Gasteiger partial charge in [-0.1, -0.05) is 0 Å². The number of alkyl halides is 3. The third-order valence-corrected chi connectivity index (χ3v) is 2.58. The Labute approximate surface area is 109 Å². The van der Waals surface area contributed by atoms with Gasteiger partial charge < -0.3 is 20.9 Å². The lowest BCUT2D eigenvalue weighted by Crippen LogP contribution is -2.26. The largest absolute Gasteiger partial charge is 0.416 e. The third kappa shape index (κ3) is 4.60. The van der Waals surface area contributed by atoms with Crippen LogP contribution in [-0.4, -0.2) is 31.5 Å². The minimum atomic E-state index is -4.41. The van der Waals surface area contributed by atoms with Crippen LogP contribution in [0.1, 0.15) is 12.0 Å². The van der Waals surface area contributed by atoms with E-state index in [2.05, 4.69) is 5.32 Å². The second-order valence-electron chi connectivity index (χ2n) is 4.11. The van der Waals surface area contributed by atoms with Gasteiger partial charge in [-0.15, -0.1) is 0 Å². The monoisotopic (exact) mass is 278 g/mol. The minimum absolute atomic E-state index is 0.00821. The summed E-state index contributed by atoms with van der Waals surface area (Å²) in [7, 11) is 1.50. The molecule has 0 fully saturated rings.